The summed E-state index contributed by atoms with van der Waals surface area (Å²) < 4.78 is 11.0. The highest BCUT2D eigenvalue weighted by Crippen LogP contribution is 2.15. The number of para-hydroxylation sites is 1. The van der Waals surface area contributed by atoms with E-state index in [1.807, 2.05) is 23.1 Å². The number of piperazine rings is 1. The van der Waals surface area contributed by atoms with Crippen LogP contribution in [0.5, 0.6) is 0 Å². The van der Waals surface area contributed by atoms with E-state index in [0.717, 1.165) is 52.2 Å². The maximum atomic E-state index is 12.5. The number of guanidine groups is 1. The molecule has 2 aliphatic rings. The first-order valence-electron chi connectivity index (χ1n) is 10.5. The van der Waals surface area contributed by atoms with Crippen molar-refractivity contribution in [3.05, 3.63) is 30.3 Å². The number of amides is 1. The van der Waals surface area contributed by atoms with E-state index in [1.165, 1.54) is 5.69 Å². The maximum Gasteiger partial charge on any atom is 0.242 e. The van der Waals surface area contributed by atoms with Crippen LogP contribution in [0.4, 0.5) is 5.69 Å². The molecule has 8 nitrogen and oxygen atoms in total. The second kappa shape index (κ2) is 11.6. The molecule has 0 saturated carbocycles. The third kappa shape index (κ3) is 6.90. The average Bonchev–Trinajstić information content (AvgIpc) is 3.30. The van der Waals surface area contributed by atoms with Crippen LogP contribution < -0.4 is 15.5 Å². The molecule has 0 radical (unpaired) electrons. The molecule has 2 fully saturated rings. The number of rotatable bonds is 8. The number of ether oxygens (including phenoxy) is 2. The van der Waals surface area contributed by atoms with E-state index < -0.39 is 0 Å². The minimum Gasteiger partial charge on any atom is -0.379 e. The van der Waals surface area contributed by atoms with Crippen LogP contribution >= 0.6 is 0 Å². The molecule has 3 rings (SSSR count). The number of nitrogens with one attached hydrogen (secondary N) is 2. The maximum absolute atomic E-state index is 12.5. The monoisotopic (exact) mass is 403 g/mol. The van der Waals surface area contributed by atoms with Crippen LogP contribution in [0, 0.1) is 0 Å². The number of nitrogens with zero attached hydrogens (tertiary/aromatic N) is 3. The second-order valence-corrected chi connectivity index (χ2v) is 7.27. The van der Waals surface area contributed by atoms with Crippen molar-refractivity contribution in [1.29, 1.82) is 0 Å². The lowest BCUT2D eigenvalue weighted by Crippen LogP contribution is -2.52. The fourth-order valence-electron chi connectivity index (χ4n) is 3.52. The summed E-state index contributed by atoms with van der Waals surface area (Å²) in [6, 6.07) is 10.3. The molecule has 0 spiro atoms. The van der Waals surface area contributed by atoms with Crippen LogP contribution in [0.15, 0.2) is 35.3 Å². The zero-order valence-electron chi connectivity index (χ0n) is 17.3. The summed E-state index contributed by atoms with van der Waals surface area (Å²) in [7, 11) is 1.71. The van der Waals surface area contributed by atoms with Gasteiger partial charge in [0.15, 0.2) is 5.96 Å². The van der Waals surface area contributed by atoms with Gasteiger partial charge in [0.2, 0.25) is 5.91 Å². The summed E-state index contributed by atoms with van der Waals surface area (Å²) in [5.41, 5.74) is 1.21. The van der Waals surface area contributed by atoms with E-state index in [0.29, 0.717) is 19.2 Å². The standard InChI is InChI=1S/C21H33N5O3/c1-22-21(23-9-5-14-29-19-8-15-28-17-19)24-16-20(27)26-12-10-25(11-13-26)18-6-3-2-4-7-18/h2-4,6-7,19H,5,8-17H2,1H3,(H2,22,23,24). The minimum atomic E-state index is 0.102. The number of carbonyl (C=O) groups excluding carboxylic acids is 1. The van der Waals surface area contributed by atoms with Crippen molar-refractivity contribution in [1.82, 2.24) is 15.5 Å². The van der Waals surface area contributed by atoms with Crippen molar-refractivity contribution in [2.45, 2.75) is 18.9 Å². The molecule has 0 aromatic heterocycles. The summed E-state index contributed by atoms with van der Waals surface area (Å²) in [6.45, 7) is 6.39. The molecule has 2 saturated heterocycles. The Balaban J connectivity index is 1.28. The molecule has 29 heavy (non-hydrogen) atoms. The first-order chi connectivity index (χ1) is 14.3. The van der Waals surface area contributed by atoms with Crippen molar-refractivity contribution in [3.8, 4) is 0 Å². The van der Waals surface area contributed by atoms with Gasteiger partial charge in [-0.25, -0.2) is 0 Å². The van der Waals surface area contributed by atoms with Crippen LogP contribution in [0.2, 0.25) is 0 Å². The predicted molar refractivity (Wildman–Crippen MR) is 114 cm³/mol. The van der Waals surface area contributed by atoms with Crippen molar-refractivity contribution in [2.24, 2.45) is 4.99 Å². The Bertz CT molecular complexity index is 641. The third-order valence-corrected chi connectivity index (χ3v) is 5.24. The third-order valence-electron chi connectivity index (χ3n) is 5.24. The van der Waals surface area contributed by atoms with Gasteiger partial charge in [0.1, 0.15) is 0 Å². The second-order valence-electron chi connectivity index (χ2n) is 7.27. The van der Waals surface area contributed by atoms with E-state index in [-0.39, 0.29) is 18.6 Å². The smallest absolute Gasteiger partial charge is 0.242 e. The molecular weight excluding hydrogens is 370 g/mol. The lowest BCUT2D eigenvalue weighted by atomic mass is 10.2. The van der Waals surface area contributed by atoms with Crippen LogP contribution in [0.25, 0.3) is 0 Å². The van der Waals surface area contributed by atoms with E-state index in [1.54, 1.807) is 7.05 Å². The highest BCUT2D eigenvalue weighted by molar-refractivity contribution is 5.86. The van der Waals surface area contributed by atoms with Gasteiger partial charge in [0.05, 0.1) is 19.3 Å². The molecule has 0 aliphatic carbocycles. The van der Waals surface area contributed by atoms with Crippen LogP contribution in [0.1, 0.15) is 12.8 Å². The summed E-state index contributed by atoms with van der Waals surface area (Å²) >= 11 is 0. The summed E-state index contributed by atoms with van der Waals surface area (Å²) in [5.74, 6) is 0.746. The van der Waals surface area contributed by atoms with Gasteiger partial charge < -0.3 is 29.9 Å². The SMILES string of the molecule is CN=C(NCCCOC1CCOC1)NCC(=O)N1CCN(c2ccccc2)CC1. The van der Waals surface area contributed by atoms with E-state index >= 15 is 0 Å². The summed E-state index contributed by atoms with van der Waals surface area (Å²) in [6.07, 6.45) is 2.11. The first-order valence-corrected chi connectivity index (χ1v) is 10.5. The number of carbonyl (C=O) groups is 1. The Kier molecular flexibility index (Phi) is 8.58. The molecule has 160 valence electrons. The van der Waals surface area contributed by atoms with Crippen LogP contribution in [0.3, 0.4) is 0 Å². The fraction of sp³-hybridized carbons (Fsp3) is 0.619. The van der Waals surface area contributed by atoms with Crippen LogP contribution in [-0.4, -0.2) is 89.0 Å². The molecule has 1 amide bonds. The first kappa shape index (κ1) is 21.4. The largest absolute Gasteiger partial charge is 0.379 e. The molecule has 1 atom stereocenters. The van der Waals surface area contributed by atoms with Crippen molar-refractivity contribution in [2.75, 3.05) is 71.0 Å². The van der Waals surface area contributed by atoms with Gasteiger partial charge >= 0.3 is 0 Å². The lowest BCUT2D eigenvalue weighted by Gasteiger charge is -2.36. The minimum absolute atomic E-state index is 0.102. The average molecular weight is 404 g/mol. The zero-order valence-corrected chi connectivity index (χ0v) is 17.3. The number of benzene rings is 1. The van der Waals surface area contributed by atoms with Crippen LogP contribution in [-0.2, 0) is 14.3 Å². The van der Waals surface area contributed by atoms with E-state index in [9.17, 15) is 4.79 Å². The van der Waals surface area contributed by atoms with Gasteiger partial charge in [0.25, 0.3) is 0 Å². The normalized spacial score (nSPS) is 20.0. The van der Waals surface area contributed by atoms with E-state index in [2.05, 4.69) is 32.7 Å². The molecule has 8 heteroatoms. The molecule has 1 aromatic rings. The van der Waals surface area contributed by atoms with Gasteiger partial charge in [-0.2, -0.15) is 0 Å². The van der Waals surface area contributed by atoms with E-state index in [4.69, 9.17) is 9.47 Å². The Morgan fingerprint density at radius 1 is 1.21 bits per heavy atom. The quantitative estimate of drug-likeness (QED) is 0.378. The van der Waals surface area contributed by atoms with Gasteiger partial charge in [-0.1, -0.05) is 18.2 Å². The number of hydrogen-bond acceptors (Lipinski definition) is 5. The molecule has 0 bridgehead atoms. The predicted octanol–water partition coefficient (Wildman–Crippen LogP) is 0.696. The van der Waals surface area contributed by atoms with Crippen molar-refractivity contribution >= 4 is 17.6 Å². The summed E-state index contributed by atoms with van der Waals surface area (Å²) in [4.78, 5) is 20.9. The van der Waals surface area contributed by atoms with Gasteiger partial charge in [-0.3, -0.25) is 9.79 Å². The lowest BCUT2D eigenvalue weighted by molar-refractivity contribution is -0.130. The fourth-order valence-corrected chi connectivity index (χ4v) is 3.52. The number of aliphatic imine (C=N–C) groups is 1. The number of anilines is 1. The molecule has 2 heterocycles. The van der Waals surface area contributed by atoms with Gasteiger partial charge in [0, 0.05) is 58.7 Å². The van der Waals surface area contributed by atoms with Crippen molar-refractivity contribution in [3.63, 3.8) is 0 Å². The van der Waals surface area contributed by atoms with Gasteiger partial charge in [-0.15, -0.1) is 0 Å². The Morgan fingerprint density at radius 2 is 2.00 bits per heavy atom. The molecule has 2 aliphatic heterocycles. The summed E-state index contributed by atoms with van der Waals surface area (Å²) in [5, 5.41) is 6.34. The van der Waals surface area contributed by atoms with Crippen molar-refractivity contribution < 1.29 is 14.3 Å². The molecule has 1 unspecified atom stereocenters. The Labute approximate surface area is 173 Å². The Morgan fingerprint density at radius 3 is 2.69 bits per heavy atom. The molecule has 2 N–H and O–H groups in total. The number of hydrogen-bond donors (Lipinski definition) is 2. The Hall–Kier alpha value is -2.32. The van der Waals surface area contributed by atoms with Gasteiger partial charge in [-0.05, 0) is 25.0 Å². The highest BCUT2D eigenvalue weighted by atomic mass is 16.5. The molecule has 1 aromatic carbocycles. The topological polar surface area (TPSA) is 78.4 Å². The highest BCUT2D eigenvalue weighted by Gasteiger charge is 2.21. The molecular formula is C21H33N5O3. The zero-order chi connectivity index (χ0) is 20.3.